The maximum atomic E-state index is 13.5. The average molecular weight is 602 g/mol. The molecule has 2 aliphatic rings. The third-order valence-electron chi connectivity index (χ3n) is 8.70. The third kappa shape index (κ3) is 8.03. The summed E-state index contributed by atoms with van der Waals surface area (Å²) in [6.45, 7) is 1.16. The zero-order valence-corrected chi connectivity index (χ0v) is 26.3. The number of carbonyl (C=O) groups excluding carboxylic acids is 1. The molecule has 4 rings (SSSR count). The van der Waals surface area contributed by atoms with E-state index in [1.807, 2.05) is 0 Å². The van der Waals surface area contributed by atoms with Crippen LogP contribution in [0.1, 0.15) is 56.6 Å². The molecule has 0 aromatic heterocycles. The van der Waals surface area contributed by atoms with Crippen molar-refractivity contribution in [3.8, 4) is 11.5 Å². The first-order valence-corrected chi connectivity index (χ1v) is 16.5. The summed E-state index contributed by atoms with van der Waals surface area (Å²) in [4.78, 5) is 15.1. The Labute approximate surface area is 251 Å². The van der Waals surface area contributed by atoms with Gasteiger partial charge in [0.1, 0.15) is 6.61 Å². The fourth-order valence-corrected chi connectivity index (χ4v) is 8.21. The Hall–Kier alpha value is -2.66. The molecule has 1 saturated heterocycles. The van der Waals surface area contributed by atoms with Crippen molar-refractivity contribution in [3.05, 3.63) is 54.1 Å². The van der Waals surface area contributed by atoms with Crippen molar-refractivity contribution < 1.29 is 27.4 Å². The summed E-state index contributed by atoms with van der Waals surface area (Å²) in [6, 6.07) is 15.4. The van der Waals surface area contributed by atoms with Crippen LogP contribution in [0.2, 0.25) is 0 Å². The summed E-state index contributed by atoms with van der Waals surface area (Å²) in [5.74, 6) is 1.74. The normalized spacial score (nSPS) is 22.5. The van der Waals surface area contributed by atoms with Gasteiger partial charge in [0.25, 0.3) is 0 Å². The third-order valence-corrected chi connectivity index (χ3v) is 10.6. The highest BCUT2D eigenvalue weighted by Crippen LogP contribution is 2.39. The molecule has 0 radical (unpaired) electrons. The first-order chi connectivity index (χ1) is 20.2. The van der Waals surface area contributed by atoms with Crippen LogP contribution in [0.3, 0.4) is 0 Å². The van der Waals surface area contributed by atoms with Gasteiger partial charge in [0, 0.05) is 31.2 Å². The Morgan fingerprint density at radius 2 is 1.69 bits per heavy atom. The second-order valence-corrected chi connectivity index (χ2v) is 13.6. The maximum absolute atomic E-state index is 13.5. The van der Waals surface area contributed by atoms with Crippen LogP contribution in [0, 0.1) is 11.8 Å². The van der Waals surface area contributed by atoms with Gasteiger partial charge in [-0.2, -0.15) is 4.31 Å². The molecule has 1 amide bonds. The summed E-state index contributed by atoms with van der Waals surface area (Å²) < 4.78 is 44.9. The van der Waals surface area contributed by atoms with Crippen molar-refractivity contribution >= 4 is 15.9 Å². The van der Waals surface area contributed by atoms with Gasteiger partial charge < -0.3 is 24.4 Å². The van der Waals surface area contributed by atoms with Crippen molar-refractivity contribution in [1.82, 2.24) is 14.5 Å². The Balaban J connectivity index is 1.23. The van der Waals surface area contributed by atoms with E-state index in [9.17, 15) is 13.2 Å². The van der Waals surface area contributed by atoms with Crippen LogP contribution in [-0.4, -0.2) is 84.2 Å². The van der Waals surface area contributed by atoms with Gasteiger partial charge in [-0.1, -0.05) is 36.8 Å². The number of carbonyl (C=O) groups is 1. The number of sulfonamides is 1. The van der Waals surface area contributed by atoms with Crippen LogP contribution in [-0.2, 0) is 19.6 Å². The van der Waals surface area contributed by atoms with Crippen molar-refractivity contribution in [2.75, 3.05) is 54.6 Å². The molecule has 2 aromatic carbocycles. The molecule has 0 spiro atoms. The predicted molar refractivity (Wildman–Crippen MR) is 163 cm³/mol. The number of benzene rings is 2. The van der Waals surface area contributed by atoms with E-state index in [-0.39, 0.29) is 30.1 Å². The lowest BCUT2D eigenvalue weighted by atomic mass is 9.76. The molecule has 2 unspecified atom stereocenters. The fraction of sp³-hybridized carbons (Fsp3) is 0.594. The van der Waals surface area contributed by atoms with E-state index < -0.39 is 10.0 Å². The molecule has 0 bridgehead atoms. The van der Waals surface area contributed by atoms with Crippen molar-refractivity contribution in [2.24, 2.45) is 11.8 Å². The highest BCUT2D eigenvalue weighted by atomic mass is 32.2. The highest BCUT2D eigenvalue weighted by molar-refractivity contribution is 7.89. The molecule has 1 aliphatic carbocycles. The first kappa shape index (κ1) is 32.3. The Morgan fingerprint density at radius 3 is 2.36 bits per heavy atom. The minimum atomic E-state index is -3.76. The van der Waals surface area contributed by atoms with Crippen LogP contribution < -0.4 is 14.8 Å². The van der Waals surface area contributed by atoms with Gasteiger partial charge in [-0.15, -0.1) is 0 Å². The van der Waals surface area contributed by atoms with Gasteiger partial charge in [-0.3, -0.25) is 4.79 Å². The first-order valence-electron chi connectivity index (χ1n) is 15.0. The number of piperidine rings is 1. The van der Waals surface area contributed by atoms with Crippen molar-refractivity contribution in [3.63, 3.8) is 0 Å². The SMILES string of the molecule is COc1ccc(S(=O)(=O)N2CCCCC2COCC(=O)NCC2CCC(C(c3ccccc3)N(C)C)CC2)cc1OC. The fourth-order valence-electron chi connectivity index (χ4n) is 6.52. The Kier molecular flexibility index (Phi) is 11.7. The maximum Gasteiger partial charge on any atom is 0.246 e. The second kappa shape index (κ2) is 15.2. The van der Waals surface area contributed by atoms with E-state index in [4.69, 9.17) is 14.2 Å². The summed E-state index contributed by atoms with van der Waals surface area (Å²) in [5, 5.41) is 3.05. The summed E-state index contributed by atoms with van der Waals surface area (Å²) in [5.41, 5.74) is 1.37. The van der Waals surface area contributed by atoms with E-state index in [1.54, 1.807) is 6.07 Å². The van der Waals surface area contributed by atoms with Gasteiger partial charge in [0.05, 0.1) is 25.7 Å². The minimum Gasteiger partial charge on any atom is -0.493 e. The summed E-state index contributed by atoms with van der Waals surface area (Å²) in [6.07, 6.45) is 6.85. The molecule has 2 fully saturated rings. The van der Waals surface area contributed by atoms with Crippen LogP contribution in [0.25, 0.3) is 0 Å². The van der Waals surface area contributed by atoms with E-state index >= 15 is 0 Å². The molecule has 42 heavy (non-hydrogen) atoms. The lowest BCUT2D eigenvalue weighted by molar-refractivity contribution is -0.126. The lowest BCUT2D eigenvalue weighted by Crippen LogP contribution is -2.46. The number of ether oxygens (including phenoxy) is 3. The van der Waals surface area contributed by atoms with E-state index in [0.717, 1.165) is 38.5 Å². The molecule has 232 valence electrons. The van der Waals surface area contributed by atoms with E-state index in [1.165, 1.54) is 36.2 Å². The largest absolute Gasteiger partial charge is 0.493 e. The smallest absolute Gasteiger partial charge is 0.246 e. The number of amides is 1. The second-order valence-electron chi connectivity index (χ2n) is 11.7. The lowest BCUT2D eigenvalue weighted by Gasteiger charge is -2.37. The van der Waals surface area contributed by atoms with E-state index in [2.05, 4.69) is 54.6 Å². The van der Waals surface area contributed by atoms with E-state index in [0.29, 0.717) is 48.9 Å². The molecule has 1 aliphatic heterocycles. The molecule has 2 aromatic rings. The number of nitrogens with one attached hydrogen (secondary N) is 1. The average Bonchev–Trinajstić information content (AvgIpc) is 3.01. The summed E-state index contributed by atoms with van der Waals surface area (Å²) >= 11 is 0. The molecule has 1 heterocycles. The van der Waals surface area contributed by atoms with Crippen molar-refractivity contribution in [2.45, 2.75) is 61.9 Å². The monoisotopic (exact) mass is 601 g/mol. The molecular weight excluding hydrogens is 554 g/mol. The number of methoxy groups -OCH3 is 2. The van der Waals surface area contributed by atoms with Crippen LogP contribution in [0.4, 0.5) is 0 Å². The van der Waals surface area contributed by atoms with Crippen LogP contribution in [0.15, 0.2) is 53.4 Å². The van der Waals surface area contributed by atoms with Crippen LogP contribution in [0.5, 0.6) is 11.5 Å². The predicted octanol–water partition coefficient (Wildman–Crippen LogP) is 4.49. The number of hydrogen-bond acceptors (Lipinski definition) is 7. The summed E-state index contributed by atoms with van der Waals surface area (Å²) in [7, 11) is 3.54. The molecule has 9 nitrogen and oxygen atoms in total. The molecule has 1 N–H and O–H groups in total. The quantitative estimate of drug-likeness (QED) is 0.361. The standard InChI is InChI=1S/C32H47N3O6S/c1-34(2)32(25-10-6-5-7-11-25)26-15-13-24(14-16-26)21-33-31(36)23-41-22-27-12-8-9-19-35(27)42(37,38)28-17-18-29(39-3)30(20-28)40-4/h5-7,10-11,17-18,20,24,26-27,32H,8-9,12-16,19,21-23H2,1-4H3,(H,33,36). The van der Waals surface area contributed by atoms with Gasteiger partial charge in [-0.05, 0) is 82.2 Å². The number of rotatable bonds is 13. The van der Waals surface area contributed by atoms with Crippen LogP contribution >= 0.6 is 0 Å². The topological polar surface area (TPSA) is 97.4 Å². The molecular formula is C32H47N3O6S. The zero-order chi connectivity index (χ0) is 30.1. The highest BCUT2D eigenvalue weighted by Gasteiger charge is 2.34. The van der Waals surface area contributed by atoms with Gasteiger partial charge >= 0.3 is 0 Å². The molecule has 10 heteroatoms. The zero-order valence-electron chi connectivity index (χ0n) is 25.5. The number of nitrogens with zero attached hydrogens (tertiary/aromatic N) is 2. The van der Waals surface area contributed by atoms with Crippen molar-refractivity contribution in [1.29, 1.82) is 0 Å². The van der Waals surface area contributed by atoms with Gasteiger partial charge in [-0.25, -0.2) is 8.42 Å². The minimum absolute atomic E-state index is 0.0766. The molecule has 2 atom stereocenters. The van der Waals surface area contributed by atoms with Gasteiger partial charge in [0.2, 0.25) is 15.9 Å². The number of hydrogen-bond donors (Lipinski definition) is 1. The van der Waals surface area contributed by atoms with Gasteiger partial charge in [0.15, 0.2) is 11.5 Å². The molecule has 1 saturated carbocycles. The Bertz CT molecular complexity index is 1250. The Morgan fingerprint density at radius 1 is 0.976 bits per heavy atom.